The molecule has 0 atom stereocenters. The van der Waals surface area contributed by atoms with Gasteiger partial charge in [-0.3, -0.25) is 10.1 Å². The standard InChI is InChI=1S/C27H30BrN7O3/c1-32(2)11-12-33(3)23-14-25(38-4)21(13-24(23)35(36)37)30-27-29-15-20(28)26(31-27)19-16-34(17-9-10-17)22-8-6-5-7-18(19)22/h5-8,13-17H,9-12H2,1-4H3,(H,29,30,31). The number of nitrogens with one attached hydrogen (secondary N) is 1. The van der Waals surface area contributed by atoms with Gasteiger partial charge in [-0.2, -0.15) is 0 Å². The largest absolute Gasteiger partial charge is 0.494 e. The lowest BCUT2D eigenvalue weighted by Gasteiger charge is -2.22. The van der Waals surface area contributed by atoms with Gasteiger partial charge in [-0.25, -0.2) is 9.97 Å². The zero-order valence-corrected chi connectivity index (χ0v) is 23.4. The highest BCUT2D eigenvalue weighted by atomic mass is 79.9. The van der Waals surface area contributed by atoms with E-state index < -0.39 is 0 Å². The number of fused-ring (bicyclic) bond motifs is 1. The first kappa shape index (κ1) is 25.9. The Bertz CT molecular complexity index is 1500. The van der Waals surface area contributed by atoms with Gasteiger partial charge < -0.3 is 24.4 Å². The van der Waals surface area contributed by atoms with Gasteiger partial charge in [0.1, 0.15) is 11.4 Å². The quantitative estimate of drug-likeness (QED) is 0.184. The molecular weight excluding hydrogens is 550 g/mol. The van der Waals surface area contributed by atoms with Gasteiger partial charge in [0.05, 0.1) is 27.9 Å². The normalized spacial score (nSPS) is 13.2. The summed E-state index contributed by atoms with van der Waals surface area (Å²) in [5, 5.41) is 16.3. The number of hydrogen-bond donors (Lipinski definition) is 1. The highest BCUT2D eigenvalue weighted by Gasteiger charge is 2.27. The van der Waals surface area contributed by atoms with Crippen molar-refractivity contribution < 1.29 is 9.66 Å². The number of nitro benzene ring substituents is 1. The topological polar surface area (TPSA) is 102 Å². The third kappa shape index (κ3) is 5.16. The van der Waals surface area contributed by atoms with E-state index in [1.807, 2.05) is 43.1 Å². The maximum Gasteiger partial charge on any atom is 0.294 e. The van der Waals surface area contributed by atoms with Crippen molar-refractivity contribution in [1.82, 2.24) is 19.4 Å². The molecule has 1 fully saturated rings. The minimum absolute atomic E-state index is 0.0283. The van der Waals surface area contributed by atoms with Gasteiger partial charge >= 0.3 is 0 Å². The van der Waals surface area contributed by atoms with Crippen LogP contribution in [0.15, 0.2) is 53.3 Å². The molecule has 1 saturated carbocycles. The van der Waals surface area contributed by atoms with E-state index in [-0.39, 0.29) is 10.6 Å². The number of anilines is 3. The van der Waals surface area contributed by atoms with Gasteiger partial charge in [-0.05, 0) is 48.9 Å². The summed E-state index contributed by atoms with van der Waals surface area (Å²) in [6.45, 7) is 1.38. The van der Waals surface area contributed by atoms with E-state index in [9.17, 15) is 10.1 Å². The van der Waals surface area contributed by atoms with E-state index in [1.165, 1.54) is 31.5 Å². The van der Waals surface area contributed by atoms with E-state index in [0.717, 1.165) is 27.7 Å². The number of benzene rings is 2. The minimum Gasteiger partial charge on any atom is -0.494 e. The van der Waals surface area contributed by atoms with E-state index in [0.29, 0.717) is 35.7 Å². The van der Waals surface area contributed by atoms with Crippen molar-refractivity contribution in [2.45, 2.75) is 18.9 Å². The number of rotatable bonds is 10. The van der Waals surface area contributed by atoms with Gasteiger partial charge in [0.2, 0.25) is 5.95 Å². The zero-order chi connectivity index (χ0) is 27.0. The highest BCUT2D eigenvalue weighted by molar-refractivity contribution is 9.10. The van der Waals surface area contributed by atoms with E-state index in [1.54, 1.807) is 12.3 Å². The van der Waals surface area contributed by atoms with Crippen LogP contribution in [0.1, 0.15) is 18.9 Å². The van der Waals surface area contributed by atoms with Crippen LogP contribution in [0.25, 0.3) is 22.2 Å². The molecule has 198 valence electrons. The lowest BCUT2D eigenvalue weighted by molar-refractivity contribution is -0.384. The minimum atomic E-state index is -0.382. The molecule has 0 radical (unpaired) electrons. The van der Waals surface area contributed by atoms with Gasteiger partial charge in [0, 0.05) is 67.2 Å². The number of hydrogen-bond acceptors (Lipinski definition) is 8. The van der Waals surface area contributed by atoms with Crippen LogP contribution in [-0.2, 0) is 0 Å². The van der Waals surface area contributed by atoms with E-state index in [4.69, 9.17) is 9.72 Å². The highest BCUT2D eigenvalue weighted by Crippen LogP contribution is 2.43. The molecule has 5 rings (SSSR count). The fourth-order valence-corrected chi connectivity index (χ4v) is 4.94. The first-order valence-corrected chi connectivity index (χ1v) is 13.2. The van der Waals surface area contributed by atoms with Gasteiger partial charge in [-0.15, -0.1) is 0 Å². The van der Waals surface area contributed by atoms with Crippen molar-refractivity contribution in [2.24, 2.45) is 0 Å². The van der Waals surface area contributed by atoms with E-state index in [2.05, 4.69) is 49.1 Å². The van der Waals surface area contributed by atoms with Gasteiger partial charge in [0.25, 0.3) is 5.69 Å². The Morgan fingerprint density at radius 1 is 1.21 bits per heavy atom. The summed E-state index contributed by atoms with van der Waals surface area (Å²) in [5.41, 5.74) is 3.78. The fourth-order valence-electron chi connectivity index (χ4n) is 4.53. The molecule has 2 aromatic carbocycles. The SMILES string of the molecule is COc1cc(N(C)CCN(C)C)c([N+](=O)[O-])cc1Nc1ncc(Br)c(-c2cn(C3CC3)c3ccccc23)n1. The Morgan fingerprint density at radius 2 is 1.97 bits per heavy atom. The van der Waals surface area contributed by atoms with Crippen molar-refractivity contribution in [2.75, 3.05) is 51.6 Å². The molecule has 1 aliphatic rings. The third-order valence-electron chi connectivity index (χ3n) is 6.71. The van der Waals surface area contributed by atoms with Crippen LogP contribution in [-0.4, -0.2) is 65.7 Å². The average Bonchev–Trinajstić information content (AvgIpc) is 3.68. The van der Waals surface area contributed by atoms with Crippen molar-refractivity contribution in [3.05, 3.63) is 63.4 Å². The smallest absolute Gasteiger partial charge is 0.294 e. The second kappa shape index (κ2) is 10.6. The fraction of sp³-hybridized carbons (Fsp3) is 0.333. The molecule has 0 amide bonds. The Morgan fingerprint density at radius 3 is 2.66 bits per heavy atom. The molecule has 11 heteroatoms. The molecule has 0 saturated heterocycles. The summed E-state index contributed by atoms with van der Waals surface area (Å²) < 4.78 is 8.70. The maximum absolute atomic E-state index is 12.0. The van der Waals surface area contributed by atoms with Gasteiger partial charge in [-0.1, -0.05) is 18.2 Å². The van der Waals surface area contributed by atoms with Crippen LogP contribution in [0.2, 0.25) is 0 Å². The Hall–Kier alpha value is -3.70. The number of nitrogens with zero attached hydrogens (tertiary/aromatic N) is 6. The number of aromatic nitrogens is 3. The molecule has 2 aromatic heterocycles. The van der Waals surface area contributed by atoms with Crippen LogP contribution in [0.5, 0.6) is 5.75 Å². The number of halogens is 1. The summed E-state index contributed by atoms with van der Waals surface area (Å²) in [6, 6.07) is 12.0. The Kier molecular flexibility index (Phi) is 7.22. The summed E-state index contributed by atoms with van der Waals surface area (Å²) in [4.78, 5) is 24.7. The molecular formula is C27H30BrN7O3. The van der Waals surface area contributed by atoms with Crippen LogP contribution in [0.3, 0.4) is 0 Å². The third-order valence-corrected chi connectivity index (χ3v) is 7.29. The first-order valence-electron chi connectivity index (χ1n) is 12.4. The van der Waals surface area contributed by atoms with Crippen molar-refractivity contribution in [1.29, 1.82) is 0 Å². The molecule has 2 heterocycles. The number of nitro groups is 1. The predicted octanol–water partition coefficient (Wildman–Crippen LogP) is 5.85. The number of methoxy groups -OCH3 is 1. The summed E-state index contributed by atoms with van der Waals surface area (Å²) in [6.07, 6.45) is 6.20. The molecule has 1 aliphatic carbocycles. The van der Waals surface area contributed by atoms with Crippen LogP contribution in [0.4, 0.5) is 23.0 Å². The average molecular weight is 580 g/mol. The molecule has 1 N–H and O–H groups in total. The van der Waals surface area contributed by atoms with Crippen molar-refractivity contribution in [3.63, 3.8) is 0 Å². The number of likely N-dealkylation sites (N-methyl/N-ethyl adjacent to an activating group) is 2. The lowest BCUT2D eigenvalue weighted by atomic mass is 10.1. The van der Waals surface area contributed by atoms with Crippen molar-refractivity contribution >= 4 is 49.8 Å². The predicted molar refractivity (Wildman–Crippen MR) is 154 cm³/mol. The molecule has 38 heavy (non-hydrogen) atoms. The maximum atomic E-state index is 12.0. The number of para-hydroxylation sites is 1. The lowest BCUT2D eigenvalue weighted by Crippen LogP contribution is -2.28. The first-order chi connectivity index (χ1) is 18.3. The molecule has 0 unspecified atom stereocenters. The number of ether oxygens (including phenoxy) is 1. The van der Waals surface area contributed by atoms with Crippen molar-refractivity contribution in [3.8, 4) is 17.0 Å². The molecule has 0 bridgehead atoms. The Balaban J connectivity index is 1.52. The second-order valence-electron chi connectivity index (χ2n) is 9.74. The molecule has 10 nitrogen and oxygen atoms in total. The van der Waals surface area contributed by atoms with Crippen LogP contribution < -0.4 is 15.0 Å². The summed E-state index contributed by atoms with van der Waals surface area (Å²) in [7, 11) is 7.30. The zero-order valence-electron chi connectivity index (χ0n) is 21.8. The second-order valence-corrected chi connectivity index (χ2v) is 10.6. The summed E-state index contributed by atoms with van der Waals surface area (Å²) >= 11 is 3.62. The molecule has 0 spiro atoms. The monoisotopic (exact) mass is 579 g/mol. The van der Waals surface area contributed by atoms with Gasteiger partial charge in [0.15, 0.2) is 0 Å². The molecule has 4 aromatic rings. The van der Waals surface area contributed by atoms with Crippen LogP contribution >= 0.6 is 15.9 Å². The van der Waals surface area contributed by atoms with Crippen LogP contribution in [0, 0.1) is 10.1 Å². The molecule has 0 aliphatic heterocycles. The Labute approximate surface area is 229 Å². The summed E-state index contributed by atoms with van der Waals surface area (Å²) in [5.74, 6) is 0.772. The van der Waals surface area contributed by atoms with E-state index >= 15 is 0 Å².